The van der Waals surface area contributed by atoms with Crippen molar-refractivity contribution in [2.75, 3.05) is 7.11 Å². The summed E-state index contributed by atoms with van der Waals surface area (Å²) in [5.74, 6) is -0.246. The lowest BCUT2D eigenvalue weighted by molar-refractivity contribution is -0.136. The molecule has 106 valence electrons. The standard InChI is InChI=1S/C14H22N2O3/c1-6-10-9(8-12(17)18)11(7-2)16-13(15-10)14(3,4)19-5/h6-8H2,1-5H3,(H,17,18). The van der Waals surface area contributed by atoms with Crippen molar-refractivity contribution in [2.45, 2.75) is 52.6 Å². The van der Waals surface area contributed by atoms with Crippen LogP contribution >= 0.6 is 0 Å². The summed E-state index contributed by atoms with van der Waals surface area (Å²) in [6, 6.07) is 0. The lowest BCUT2D eigenvalue weighted by atomic mass is 10.0. The molecule has 1 aromatic heterocycles. The fourth-order valence-electron chi connectivity index (χ4n) is 1.88. The molecule has 1 heterocycles. The van der Waals surface area contributed by atoms with E-state index >= 15 is 0 Å². The molecule has 0 atom stereocenters. The number of nitrogens with zero attached hydrogens (tertiary/aromatic N) is 2. The van der Waals surface area contributed by atoms with Gasteiger partial charge in [0, 0.05) is 24.1 Å². The molecule has 0 spiro atoms. The van der Waals surface area contributed by atoms with Gasteiger partial charge in [0.15, 0.2) is 5.82 Å². The molecule has 0 aliphatic heterocycles. The van der Waals surface area contributed by atoms with Gasteiger partial charge in [0.2, 0.25) is 0 Å². The Bertz CT molecular complexity index is 445. The molecule has 1 aromatic rings. The van der Waals surface area contributed by atoms with Crippen LogP contribution in [0.15, 0.2) is 0 Å². The quantitative estimate of drug-likeness (QED) is 0.853. The smallest absolute Gasteiger partial charge is 0.307 e. The topological polar surface area (TPSA) is 72.3 Å². The summed E-state index contributed by atoms with van der Waals surface area (Å²) in [4.78, 5) is 20.0. The molecule has 0 bridgehead atoms. The van der Waals surface area contributed by atoms with Crippen LogP contribution in [0.3, 0.4) is 0 Å². The van der Waals surface area contributed by atoms with E-state index in [1.165, 1.54) is 0 Å². The van der Waals surface area contributed by atoms with Gasteiger partial charge in [-0.3, -0.25) is 4.79 Å². The first-order valence-electron chi connectivity index (χ1n) is 6.51. The number of carboxylic acid groups (broad SMARTS) is 1. The van der Waals surface area contributed by atoms with Crippen LogP contribution in [0.1, 0.15) is 50.5 Å². The van der Waals surface area contributed by atoms with Gasteiger partial charge in [-0.1, -0.05) is 13.8 Å². The molecule has 5 nitrogen and oxygen atoms in total. The van der Waals surface area contributed by atoms with Crippen molar-refractivity contribution in [1.29, 1.82) is 0 Å². The fraction of sp³-hybridized carbons (Fsp3) is 0.643. The summed E-state index contributed by atoms with van der Waals surface area (Å²) in [6.45, 7) is 7.74. The number of aryl methyl sites for hydroxylation is 2. The molecule has 0 aliphatic rings. The van der Waals surface area contributed by atoms with Crippen molar-refractivity contribution < 1.29 is 14.6 Å². The molecule has 0 radical (unpaired) electrons. The van der Waals surface area contributed by atoms with Gasteiger partial charge in [0.1, 0.15) is 5.60 Å². The van der Waals surface area contributed by atoms with Crippen molar-refractivity contribution >= 4 is 5.97 Å². The van der Waals surface area contributed by atoms with Crippen molar-refractivity contribution in [2.24, 2.45) is 0 Å². The lowest BCUT2D eigenvalue weighted by Gasteiger charge is -2.23. The Morgan fingerprint density at radius 1 is 1.21 bits per heavy atom. The Morgan fingerprint density at radius 2 is 1.68 bits per heavy atom. The molecule has 0 saturated carbocycles. The average Bonchev–Trinajstić information content (AvgIpc) is 2.37. The molecule has 1 rings (SSSR count). The minimum absolute atomic E-state index is 0.0277. The van der Waals surface area contributed by atoms with Gasteiger partial charge in [-0.2, -0.15) is 0 Å². The van der Waals surface area contributed by atoms with Crippen LogP contribution in [-0.4, -0.2) is 28.2 Å². The number of ether oxygens (including phenoxy) is 1. The van der Waals surface area contributed by atoms with Gasteiger partial charge in [-0.25, -0.2) is 9.97 Å². The largest absolute Gasteiger partial charge is 0.481 e. The van der Waals surface area contributed by atoms with E-state index < -0.39 is 11.6 Å². The molecule has 1 N–H and O–H groups in total. The van der Waals surface area contributed by atoms with Gasteiger partial charge < -0.3 is 9.84 Å². The SMILES string of the molecule is CCc1nc(C(C)(C)OC)nc(CC)c1CC(=O)O. The number of carbonyl (C=O) groups is 1. The van der Waals surface area contributed by atoms with E-state index in [0.717, 1.165) is 17.0 Å². The van der Waals surface area contributed by atoms with Gasteiger partial charge in [-0.05, 0) is 26.7 Å². The van der Waals surface area contributed by atoms with Crippen molar-refractivity contribution in [1.82, 2.24) is 9.97 Å². The molecule has 0 saturated heterocycles. The minimum Gasteiger partial charge on any atom is -0.481 e. The van der Waals surface area contributed by atoms with E-state index in [-0.39, 0.29) is 6.42 Å². The number of rotatable bonds is 6. The normalized spacial score (nSPS) is 11.6. The van der Waals surface area contributed by atoms with Crippen LogP contribution in [-0.2, 0) is 34.4 Å². The van der Waals surface area contributed by atoms with Crippen LogP contribution in [0, 0.1) is 0 Å². The Kier molecular flexibility index (Phi) is 5.00. The maximum atomic E-state index is 11.0. The van der Waals surface area contributed by atoms with Crippen molar-refractivity contribution in [3.63, 3.8) is 0 Å². The van der Waals surface area contributed by atoms with Crippen molar-refractivity contribution in [3.05, 3.63) is 22.8 Å². The van der Waals surface area contributed by atoms with Gasteiger partial charge >= 0.3 is 5.97 Å². The number of hydrogen-bond acceptors (Lipinski definition) is 4. The number of aliphatic carboxylic acids is 1. The monoisotopic (exact) mass is 266 g/mol. The number of aromatic nitrogens is 2. The Labute approximate surface area is 114 Å². The molecule has 0 aliphatic carbocycles. The molecule has 0 aromatic carbocycles. The Hall–Kier alpha value is -1.49. The van der Waals surface area contributed by atoms with E-state index in [4.69, 9.17) is 9.84 Å². The summed E-state index contributed by atoms with van der Waals surface area (Å²) >= 11 is 0. The zero-order chi connectivity index (χ0) is 14.6. The molecular formula is C14H22N2O3. The first-order chi connectivity index (χ1) is 8.85. The van der Waals surface area contributed by atoms with Crippen molar-refractivity contribution in [3.8, 4) is 0 Å². The highest BCUT2D eigenvalue weighted by Gasteiger charge is 2.26. The summed E-state index contributed by atoms with van der Waals surface area (Å²) in [6.07, 6.45) is 1.34. The number of carboxylic acids is 1. The maximum absolute atomic E-state index is 11.0. The van der Waals surface area contributed by atoms with E-state index in [0.29, 0.717) is 18.7 Å². The predicted octanol–water partition coefficient (Wildman–Crippen LogP) is 2.11. The number of hydrogen-bond donors (Lipinski definition) is 1. The third-order valence-corrected chi connectivity index (χ3v) is 3.23. The van der Waals surface area contributed by atoms with Crippen LogP contribution in [0.25, 0.3) is 0 Å². The Morgan fingerprint density at radius 3 is 2.00 bits per heavy atom. The highest BCUT2D eigenvalue weighted by Crippen LogP contribution is 2.23. The number of methoxy groups -OCH3 is 1. The first-order valence-corrected chi connectivity index (χ1v) is 6.51. The van der Waals surface area contributed by atoms with Gasteiger partial charge in [0.05, 0.1) is 6.42 Å². The molecule has 0 unspecified atom stereocenters. The van der Waals surface area contributed by atoms with E-state index in [2.05, 4.69) is 9.97 Å². The highest BCUT2D eigenvalue weighted by atomic mass is 16.5. The predicted molar refractivity (Wildman–Crippen MR) is 72.2 cm³/mol. The summed E-state index contributed by atoms with van der Waals surface area (Å²) < 4.78 is 5.40. The molecular weight excluding hydrogens is 244 g/mol. The molecule has 0 fully saturated rings. The lowest BCUT2D eigenvalue weighted by Crippen LogP contribution is -2.25. The summed E-state index contributed by atoms with van der Waals surface area (Å²) in [5, 5.41) is 9.00. The molecule has 19 heavy (non-hydrogen) atoms. The zero-order valence-electron chi connectivity index (χ0n) is 12.3. The van der Waals surface area contributed by atoms with Gasteiger partial charge in [-0.15, -0.1) is 0 Å². The second-order valence-corrected chi connectivity index (χ2v) is 4.91. The average molecular weight is 266 g/mol. The maximum Gasteiger partial charge on any atom is 0.307 e. The zero-order valence-corrected chi connectivity index (χ0v) is 12.3. The second kappa shape index (κ2) is 6.10. The second-order valence-electron chi connectivity index (χ2n) is 4.91. The third kappa shape index (κ3) is 3.50. The fourth-order valence-corrected chi connectivity index (χ4v) is 1.88. The van der Waals surface area contributed by atoms with E-state index in [1.54, 1.807) is 7.11 Å². The first kappa shape index (κ1) is 15.6. The molecule has 0 amide bonds. The van der Waals surface area contributed by atoms with Crippen LogP contribution in [0.4, 0.5) is 0 Å². The van der Waals surface area contributed by atoms with Crippen LogP contribution in [0.2, 0.25) is 0 Å². The molecule has 5 heteroatoms. The Balaban J connectivity index is 3.39. The highest BCUT2D eigenvalue weighted by molar-refractivity contribution is 5.71. The minimum atomic E-state index is -0.855. The van der Waals surface area contributed by atoms with Crippen LogP contribution in [0.5, 0.6) is 0 Å². The van der Waals surface area contributed by atoms with E-state index in [1.807, 2.05) is 27.7 Å². The van der Waals surface area contributed by atoms with Gasteiger partial charge in [0.25, 0.3) is 0 Å². The summed E-state index contributed by atoms with van der Waals surface area (Å²) in [5.41, 5.74) is 1.77. The van der Waals surface area contributed by atoms with E-state index in [9.17, 15) is 4.79 Å². The summed E-state index contributed by atoms with van der Waals surface area (Å²) in [7, 11) is 1.62. The third-order valence-electron chi connectivity index (χ3n) is 3.23. The van der Waals surface area contributed by atoms with Crippen LogP contribution < -0.4 is 0 Å².